The molecule has 8 nitrogen and oxygen atoms in total. The van der Waals surface area contributed by atoms with Crippen LogP contribution in [0.5, 0.6) is 5.75 Å². The van der Waals surface area contributed by atoms with E-state index in [1.165, 1.54) is 7.11 Å². The Morgan fingerprint density at radius 3 is 2.58 bits per heavy atom. The Hall–Kier alpha value is -2.94. The SMILES string of the molecule is CCC(C[N+]1(C(=O)c2ccccc2OC)CCOCC1N)OC(=O)Nc1ccccc1. The minimum absolute atomic E-state index is 0.0719. The van der Waals surface area contributed by atoms with E-state index in [1.54, 1.807) is 30.3 Å². The molecule has 0 saturated carbocycles. The fourth-order valence-corrected chi connectivity index (χ4v) is 3.80. The summed E-state index contributed by atoms with van der Waals surface area (Å²) in [6.45, 7) is 3.18. The van der Waals surface area contributed by atoms with Gasteiger partial charge >= 0.3 is 12.0 Å². The van der Waals surface area contributed by atoms with E-state index in [-0.39, 0.29) is 23.5 Å². The molecule has 1 aliphatic heterocycles. The standard InChI is InChI=1S/C23H29N3O5/c1-3-18(31-23(28)25-17-9-5-4-6-10-17)15-26(13-14-30-16-21(26)24)22(27)19-11-7-8-12-20(19)29-2/h4-12,18,21H,3,13-16,24H2,1-2H3/p+1. The minimum atomic E-state index is -0.582. The zero-order valence-electron chi connectivity index (χ0n) is 18.0. The van der Waals surface area contributed by atoms with Gasteiger partial charge in [0.15, 0.2) is 12.3 Å². The van der Waals surface area contributed by atoms with Crippen molar-refractivity contribution in [3.63, 3.8) is 0 Å². The Kier molecular flexibility index (Phi) is 7.62. The van der Waals surface area contributed by atoms with Crippen LogP contribution in [0.1, 0.15) is 23.7 Å². The molecule has 8 heteroatoms. The van der Waals surface area contributed by atoms with Crippen LogP contribution in [0.25, 0.3) is 0 Å². The largest absolute Gasteiger partial charge is 0.496 e. The number of carbonyl (C=O) groups is 2. The van der Waals surface area contributed by atoms with E-state index in [0.717, 1.165) is 0 Å². The van der Waals surface area contributed by atoms with Crippen LogP contribution in [0.2, 0.25) is 0 Å². The average molecular weight is 429 g/mol. The lowest BCUT2D eigenvalue weighted by Gasteiger charge is -2.44. The van der Waals surface area contributed by atoms with Gasteiger partial charge in [0, 0.05) is 5.69 Å². The maximum absolute atomic E-state index is 13.7. The molecule has 0 spiro atoms. The molecule has 1 aliphatic rings. The van der Waals surface area contributed by atoms with Crippen molar-refractivity contribution in [1.82, 2.24) is 0 Å². The first kappa shape index (κ1) is 22.7. The van der Waals surface area contributed by atoms with Crippen LogP contribution >= 0.6 is 0 Å². The van der Waals surface area contributed by atoms with Gasteiger partial charge in [-0.15, -0.1) is 0 Å². The van der Waals surface area contributed by atoms with Crippen molar-refractivity contribution in [2.75, 3.05) is 38.7 Å². The van der Waals surface area contributed by atoms with Crippen LogP contribution in [-0.2, 0) is 9.47 Å². The third-order valence-electron chi connectivity index (χ3n) is 5.58. The van der Waals surface area contributed by atoms with Gasteiger partial charge in [-0.05, 0) is 30.7 Å². The molecule has 1 heterocycles. The number of nitrogens with zero attached hydrogens (tertiary/aromatic N) is 1. The molecule has 3 atom stereocenters. The topological polar surface area (TPSA) is 99.9 Å². The molecule has 0 radical (unpaired) electrons. The van der Waals surface area contributed by atoms with Crippen molar-refractivity contribution in [3.05, 3.63) is 60.2 Å². The van der Waals surface area contributed by atoms with Crippen molar-refractivity contribution in [3.8, 4) is 5.75 Å². The number of benzene rings is 2. The first-order valence-corrected chi connectivity index (χ1v) is 10.4. The van der Waals surface area contributed by atoms with Crippen LogP contribution in [0.15, 0.2) is 54.6 Å². The Labute approximate surface area is 182 Å². The van der Waals surface area contributed by atoms with Gasteiger partial charge in [0.1, 0.15) is 31.0 Å². The van der Waals surface area contributed by atoms with Crippen molar-refractivity contribution in [2.45, 2.75) is 25.6 Å². The number of methoxy groups -OCH3 is 1. The number of anilines is 1. The summed E-state index contributed by atoms with van der Waals surface area (Å²) in [7, 11) is 1.53. The lowest BCUT2D eigenvalue weighted by Crippen LogP contribution is -2.70. The molecule has 2 aromatic carbocycles. The molecular formula is C23H30N3O5+. The van der Waals surface area contributed by atoms with Crippen LogP contribution in [0.3, 0.4) is 0 Å². The van der Waals surface area contributed by atoms with Crippen LogP contribution < -0.4 is 15.8 Å². The monoisotopic (exact) mass is 428 g/mol. The molecule has 0 aromatic heterocycles. The molecule has 3 N–H and O–H groups in total. The smallest absolute Gasteiger partial charge is 0.412 e. The minimum Gasteiger partial charge on any atom is -0.496 e. The highest BCUT2D eigenvalue weighted by Crippen LogP contribution is 2.28. The maximum atomic E-state index is 13.7. The molecule has 0 bridgehead atoms. The molecule has 1 saturated heterocycles. The van der Waals surface area contributed by atoms with Gasteiger partial charge in [0.2, 0.25) is 0 Å². The lowest BCUT2D eigenvalue weighted by molar-refractivity contribution is -0.886. The molecule has 2 amide bonds. The fraction of sp³-hybridized carbons (Fsp3) is 0.391. The first-order valence-electron chi connectivity index (χ1n) is 10.4. The number of amides is 2. The van der Waals surface area contributed by atoms with Crippen molar-refractivity contribution in [1.29, 1.82) is 0 Å². The van der Waals surface area contributed by atoms with Crippen LogP contribution in [0.4, 0.5) is 10.5 Å². The molecular weight excluding hydrogens is 398 g/mol. The third-order valence-corrected chi connectivity index (χ3v) is 5.58. The Morgan fingerprint density at radius 2 is 1.90 bits per heavy atom. The average Bonchev–Trinajstić information content (AvgIpc) is 2.80. The van der Waals surface area contributed by atoms with Gasteiger partial charge in [-0.1, -0.05) is 37.3 Å². The van der Waals surface area contributed by atoms with E-state index in [0.29, 0.717) is 36.6 Å². The number of ether oxygens (including phenoxy) is 3. The van der Waals surface area contributed by atoms with Gasteiger partial charge in [-0.3, -0.25) is 11.1 Å². The number of carbonyl (C=O) groups excluding carboxylic acids is 2. The molecule has 2 aromatic rings. The van der Waals surface area contributed by atoms with Crippen molar-refractivity contribution < 1.29 is 28.3 Å². The first-order chi connectivity index (χ1) is 15.0. The fourth-order valence-electron chi connectivity index (χ4n) is 3.80. The maximum Gasteiger partial charge on any atom is 0.412 e. The van der Waals surface area contributed by atoms with Crippen LogP contribution in [0, 0.1) is 0 Å². The Morgan fingerprint density at radius 1 is 1.19 bits per heavy atom. The molecule has 0 aliphatic carbocycles. The quantitative estimate of drug-likeness (QED) is 0.658. The summed E-state index contributed by atoms with van der Waals surface area (Å²) < 4.78 is 16.5. The number of rotatable bonds is 7. The van der Waals surface area contributed by atoms with Gasteiger partial charge in [-0.2, -0.15) is 0 Å². The van der Waals surface area contributed by atoms with E-state index < -0.39 is 18.4 Å². The van der Waals surface area contributed by atoms with E-state index in [4.69, 9.17) is 19.9 Å². The van der Waals surface area contributed by atoms with Crippen LogP contribution in [-0.4, -0.2) is 62.2 Å². The van der Waals surface area contributed by atoms with E-state index in [9.17, 15) is 9.59 Å². The van der Waals surface area contributed by atoms with Gasteiger partial charge in [-0.25, -0.2) is 14.1 Å². The van der Waals surface area contributed by atoms with Gasteiger partial charge < -0.3 is 14.2 Å². The zero-order chi connectivity index (χ0) is 22.3. The predicted octanol–water partition coefficient (Wildman–Crippen LogP) is 2.99. The second-order valence-electron chi connectivity index (χ2n) is 7.51. The predicted molar refractivity (Wildman–Crippen MR) is 117 cm³/mol. The highest BCUT2D eigenvalue weighted by atomic mass is 16.6. The second kappa shape index (κ2) is 10.4. The zero-order valence-corrected chi connectivity index (χ0v) is 18.0. The van der Waals surface area contributed by atoms with Gasteiger partial charge in [0.05, 0.1) is 13.7 Å². The number of hydrogen-bond acceptors (Lipinski definition) is 6. The summed E-state index contributed by atoms with van der Waals surface area (Å²) in [5.41, 5.74) is 7.52. The number of morpholine rings is 1. The molecule has 166 valence electrons. The Bertz CT molecular complexity index is 892. The summed E-state index contributed by atoms with van der Waals surface area (Å²) in [4.78, 5) is 26.2. The highest BCUT2D eigenvalue weighted by Gasteiger charge is 2.48. The lowest BCUT2D eigenvalue weighted by atomic mass is 10.1. The summed E-state index contributed by atoms with van der Waals surface area (Å²) in [6, 6.07) is 16.1. The van der Waals surface area contributed by atoms with E-state index in [2.05, 4.69) is 5.32 Å². The number of nitrogens with one attached hydrogen (secondary N) is 1. The van der Waals surface area contributed by atoms with E-state index in [1.807, 2.05) is 31.2 Å². The van der Waals surface area contributed by atoms with Crippen molar-refractivity contribution in [2.24, 2.45) is 5.73 Å². The summed E-state index contributed by atoms with van der Waals surface area (Å²) in [6.07, 6.45) is -1.12. The highest BCUT2D eigenvalue weighted by molar-refractivity contribution is 5.92. The number of quaternary nitrogens is 1. The Balaban J connectivity index is 1.82. The number of hydrogen-bond donors (Lipinski definition) is 2. The van der Waals surface area contributed by atoms with Gasteiger partial charge in [0.25, 0.3) is 0 Å². The summed E-state index contributed by atoms with van der Waals surface area (Å²) in [5.74, 6) is 0.318. The number of nitrogens with two attached hydrogens (primary N) is 1. The summed E-state index contributed by atoms with van der Waals surface area (Å²) in [5, 5.41) is 2.72. The molecule has 3 unspecified atom stereocenters. The third kappa shape index (κ3) is 5.22. The number of para-hydroxylation sites is 2. The molecule has 3 rings (SSSR count). The second-order valence-corrected chi connectivity index (χ2v) is 7.51. The summed E-state index contributed by atoms with van der Waals surface area (Å²) >= 11 is 0. The van der Waals surface area contributed by atoms with E-state index >= 15 is 0 Å². The van der Waals surface area contributed by atoms with Crippen molar-refractivity contribution >= 4 is 17.7 Å². The molecule has 1 fully saturated rings. The normalized spacial score (nSPS) is 21.7. The molecule has 31 heavy (non-hydrogen) atoms.